The second-order valence-corrected chi connectivity index (χ2v) is 4.58. The molecular weight excluding hydrogens is 142 g/mol. The third kappa shape index (κ3) is 5.12. The van der Waals surface area contributed by atoms with Crippen molar-refractivity contribution in [3.63, 3.8) is 0 Å². The Morgan fingerprint density at radius 3 is 2.40 bits per heavy atom. The highest BCUT2D eigenvalue weighted by molar-refractivity contribution is 7.99. The molecule has 62 valence electrons. The third-order valence-corrected chi connectivity index (χ3v) is 3.02. The molecule has 0 aliphatic heterocycles. The van der Waals surface area contributed by atoms with Crippen LogP contribution in [-0.2, 0) is 0 Å². The zero-order chi connectivity index (χ0) is 8.04. The minimum absolute atomic E-state index is 0.447. The van der Waals surface area contributed by atoms with E-state index >= 15 is 0 Å². The molecule has 0 spiro atoms. The van der Waals surface area contributed by atoms with Gasteiger partial charge >= 0.3 is 0 Å². The lowest BCUT2D eigenvalue weighted by atomic mass is 10.1. The Balaban J connectivity index is 3.28. The van der Waals surface area contributed by atoms with Crippen molar-refractivity contribution in [1.29, 1.82) is 0 Å². The molecule has 0 aliphatic carbocycles. The number of rotatable bonds is 5. The first-order valence-corrected chi connectivity index (χ1v) is 5.10. The van der Waals surface area contributed by atoms with Gasteiger partial charge in [0.15, 0.2) is 0 Å². The molecule has 0 heterocycles. The molecule has 0 saturated carbocycles. The summed E-state index contributed by atoms with van der Waals surface area (Å²) < 4.78 is 0.447. The quantitative estimate of drug-likeness (QED) is 0.620. The van der Waals surface area contributed by atoms with Gasteiger partial charge in [-0.2, -0.15) is 11.8 Å². The van der Waals surface area contributed by atoms with Gasteiger partial charge in [-0.15, -0.1) is 0 Å². The van der Waals surface area contributed by atoms with Crippen molar-refractivity contribution in [2.75, 3.05) is 19.3 Å². The molecule has 0 amide bonds. The Kier molecular flexibility index (Phi) is 5.18. The Morgan fingerprint density at radius 1 is 1.40 bits per heavy atom. The summed E-state index contributed by atoms with van der Waals surface area (Å²) in [5.74, 6) is 0. The first kappa shape index (κ1) is 10.3. The van der Waals surface area contributed by atoms with Crippen molar-refractivity contribution in [3.05, 3.63) is 0 Å². The highest BCUT2D eigenvalue weighted by atomic mass is 32.2. The van der Waals surface area contributed by atoms with E-state index in [4.69, 9.17) is 0 Å². The van der Waals surface area contributed by atoms with Crippen LogP contribution < -0.4 is 5.32 Å². The van der Waals surface area contributed by atoms with Gasteiger partial charge in [0.2, 0.25) is 0 Å². The topological polar surface area (TPSA) is 12.0 Å². The summed E-state index contributed by atoms with van der Waals surface area (Å²) in [6.45, 7) is 8.95. The van der Waals surface area contributed by atoms with Crippen LogP contribution in [0.4, 0.5) is 0 Å². The van der Waals surface area contributed by atoms with Crippen LogP contribution in [-0.4, -0.2) is 24.1 Å². The van der Waals surface area contributed by atoms with Gasteiger partial charge < -0.3 is 5.32 Å². The highest BCUT2D eigenvalue weighted by Gasteiger charge is 2.13. The Labute approximate surface area is 69.0 Å². The summed E-state index contributed by atoms with van der Waals surface area (Å²) in [4.78, 5) is 0. The van der Waals surface area contributed by atoms with Crippen LogP contribution in [0.3, 0.4) is 0 Å². The summed E-state index contributed by atoms with van der Waals surface area (Å²) in [5.41, 5.74) is 0. The molecule has 0 aromatic heterocycles. The van der Waals surface area contributed by atoms with Crippen LogP contribution in [0.25, 0.3) is 0 Å². The van der Waals surface area contributed by atoms with Crippen LogP contribution in [0.5, 0.6) is 0 Å². The lowest BCUT2D eigenvalue weighted by Gasteiger charge is -2.21. The first-order valence-electron chi connectivity index (χ1n) is 3.88. The van der Waals surface area contributed by atoms with Crippen LogP contribution in [0.1, 0.15) is 27.2 Å². The minimum atomic E-state index is 0.447. The van der Waals surface area contributed by atoms with E-state index in [0.717, 1.165) is 13.1 Å². The number of hydrogen-bond acceptors (Lipinski definition) is 2. The summed E-state index contributed by atoms with van der Waals surface area (Å²) in [5, 5.41) is 3.33. The molecule has 0 bridgehead atoms. The van der Waals surface area contributed by atoms with E-state index in [1.165, 1.54) is 6.42 Å². The fraction of sp³-hybridized carbons (Fsp3) is 1.00. The molecule has 0 radical (unpaired) electrons. The molecule has 0 unspecified atom stereocenters. The van der Waals surface area contributed by atoms with E-state index in [2.05, 4.69) is 32.3 Å². The molecule has 1 N–H and O–H groups in total. The van der Waals surface area contributed by atoms with Crippen molar-refractivity contribution in [1.82, 2.24) is 5.32 Å². The van der Waals surface area contributed by atoms with Crippen molar-refractivity contribution in [2.45, 2.75) is 31.9 Å². The fourth-order valence-electron chi connectivity index (χ4n) is 0.668. The fourth-order valence-corrected chi connectivity index (χ4v) is 0.974. The standard InChI is InChI=1S/C8H19NS/c1-5-9-7-6-8(2,3)10-4/h9H,5-7H2,1-4H3. The second-order valence-electron chi connectivity index (χ2n) is 3.07. The van der Waals surface area contributed by atoms with Gasteiger partial charge in [-0.05, 0) is 25.8 Å². The maximum atomic E-state index is 3.33. The normalized spacial score (nSPS) is 12.0. The average molecular weight is 161 g/mol. The molecule has 0 rings (SSSR count). The Bertz CT molecular complexity index is 81.3. The Hall–Kier alpha value is 0.310. The predicted molar refractivity (Wildman–Crippen MR) is 50.8 cm³/mol. The number of thioether (sulfide) groups is 1. The minimum Gasteiger partial charge on any atom is -0.317 e. The van der Waals surface area contributed by atoms with Gasteiger partial charge in [0.05, 0.1) is 0 Å². The molecule has 0 saturated heterocycles. The molecule has 10 heavy (non-hydrogen) atoms. The van der Waals surface area contributed by atoms with Gasteiger partial charge in [-0.25, -0.2) is 0 Å². The van der Waals surface area contributed by atoms with Crippen molar-refractivity contribution >= 4 is 11.8 Å². The van der Waals surface area contributed by atoms with Crippen LogP contribution >= 0.6 is 11.8 Å². The SMILES string of the molecule is CCNCCC(C)(C)SC. The Morgan fingerprint density at radius 2 is 2.00 bits per heavy atom. The smallest absolute Gasteiger partial charge is 0.0113 e. The molecule has 2 heteroatoms. The van der Waals surface area contributed by atoms with Crippen LogP contribution in [0.15, 0.2) is 0 Å². The second kappa shape index (κ2) is 5.03. The zero-order valence-corrected chi connectivity index (χ0v) is 8.35. The van der Waals surface area contributed by atoms with Crippen molar-refractivity contribution < 1.29 is 0 Å². The van der Waals surface area contributed by atoms with Gasteiger partial charge in [-0.3, -0.25) is 0 Å². The molecule has 0 atom stereocenters. The summed E-state index contributed by atoms with van der Waals surface area (Å²) in [7, 11) is 0. The molecule has 0 aromatic rings. The molecule has 0 aromatic carbocycles. The van der Waals surface area contributed by atoms with E-state index in [0.29, 0.717) is 4.75 Å². The maximum absolute atomic E-state index is 3.33. The zero-order valence-electron chi connectivity index (χ0n) is 7.53. The van der Waals surface area contributed by atoms with Crippen molar-refractivity contribution in [2.24, 2.45) is 0 Å². The van der Waals surface area contributed by atoms with E-state index in [1.807, 2.05) is 11.8 Å². The van der Waals surface area contributed by atoms with Gasteiger partial charge in [0.25, 0.3) is 0 Å². The largest absolute Gasteiger partial charge is 0.317 e. The third-order valence-electron chi connectivity index (χ3n) is 1.71. The highest BCUT2D eigenvalue weighted by Crippen LogP contribution is 2.24. The molecule has 0 aliphatic rings. The van der Waals surface area contributed by atoms with E-state index in [-0.39, 0.29) is 0 Å². The predicted octanol–water partition coefficient (Wildman–Crippen LogP) is 2.13. The van der Waals surface area contributed by atoms with Gasteiger partial charge in [-0.1, -0.05) is 20.8 Å². The van der Waals surface area contributed by atoms with Crippen LogP contribution in [0.2, 0.25) is 0 Å². The van der Waals surface area contributed by atoms with E-state index in [1.54, 1.807) is 0 Å². The average Bonchev–Trinajstić information content (AvgIpc) is 1.89. The first-order chi connectivity index (χ1) is 4.62. The molecular formula is C8H19NS. The van der Waals surface area contributed by atoms with Crippen molar-refractivity contribution in [3.8, 4) is 0 Å². The summed E-state index contributed by atoms with van der Waals surface area (Å²) in [6, 6.07) is 0. The monoisotopic (exact) mass is 161 g/mol. The van der Waals surface area contributed by atoms with E-state index in [9.17, 15) is 0 Å². The lowest BCUT2D eigenvalue weighted by molar-refractivity contribution is 0.585. The lowest BCUT2D eigenvalue weighted by Crippen LogP contribution is -2.23. The maximum Gasteiger partial charge on any atom is 0.0113 e. The summed E-state index contributed by atoms with van der Waals surface area (Å²) in [6.07, 6.45) is 3.42. The van der Waals surface area contributed by atoms with Crippen LogP contribution in [0, 0.1) is 0 Å². The van der Waals surface area contributed by atoms with Gasteiger partial charge in [0.1, 0.15) is 0 Å². The van der Waals surface area contributed by atoms with Gasteiger partial charge in [0, 0.05) is 4.75 Å². The number of nitrogens with one attached hydrogen (secondary N) is 1. The van der Waals surface area contributed by atoms with E-state index < -0.39 is 0 Å². The summed E-state index contributed by atoms with van der Waals surface area (Å²) >= 11 is 1.94. The molecule has 1 nitrogen and oxygen atoms in total. The number of hydrogen-bond donors (Lipinski definition) is 1. The molecule has 0 fully saturated rings.